The van der Waals surface area contributed by atoms with Crippen molar-refractivity contribution in [1.29, 1.82) is 0 Å². The van der Waals surface area contributed by atoms with Gasteiger partial charge >= 0.3 is 0 Å². The molecular weight excluding hydrogens is 428 g/mol. The third kappa shape index (κ3) is 4.70. The number of nitrogens with one attached hydrogen (secondary N) is 1. The van der Waals surface area contributed by atoms with Crippen LogP contribution in [0, 0.1) is 25.2 Å². The molecule has 7 nitrogen and oxygen atoms in total. The summed E-state index contributed by atoms with van der Waals surface area (Å²) in [6, 6.07) is 8.31. The number of benzene rings is 2. The van der Waals surface area contributed by atoms with Crippen molar-refractivity contribution in [1.82, 2.24) is 0 Å². The average Bonchev–Trinajstić information content (AvgIpc) is 2.79. The number of sulfonamides is 1. The van der Waals surface area contributed by atoms with E-state index in [1.165, 1.54) is 7.11 Å². The number of hydrogen-bond donors (Lipinski definition) is 1. The predicted octanol–water partition coefficient (Wildman–Crippen LogP) is 4.52. The molecule has 0 radical (unpaired) electrons. The first-order chi connectivity index (χ1) is 14.9. The van der Waals surface area contributed by atoms with Gasteiger partial charge in [-0.1, -0.05) is 13.8 Å². The minimum absolute atomic E-state index is 0.0156. The number of nitrogens with zero attached hydrogens (tertiary/aromatic N) is 1. The summed E-state index contributed by atoms with van der Waals surface area (Å²) in [4.78, 5) is 14.9. The Morgan fingerprint density at radius 3 is 2.44 bits per heavy atom. The molecule has 0 unspecified atom stereocenters. The maximum atomic E-state index is 13.1. The van der Waals surface area contributed by atoms with Gasteiger partial charge in [-0.05, 0) is 69.0 Å². The molecule has 1 amide bonds. The van der Waals surface area contributed by atoms with Crippen molar-refractivity contribution in [3.63, 3.8) is 0 Å². The summed E-state index contributed by atoms with van der Waals surface area (Å²) in [5, 5.41) is 0. The highest BCUT2D eigenvalue weighted by Gasteiger charge is 2.38. The Labute approximate surface area is 190 Å². The molecule has 2 aromatic rings. The Bertz CT molecular complexity index is 1140. The number of carbonyl (C=O) groups excluding carboxylic acids is 1. The van der Waals surface area contributed by atoms with E-state index in [2.05, 4.69) is 4.72 Å². The Kier molecular flexibility index (Phi) is 6.47. The smallest absolute Gasteiger partial charge is 0.265 e. The van der Waals surface area contributed by atoms with Crippen molar-refractivity contribution in [3.05, 3.63) is 41.5 Å². The van der Waals surface area contributed by atoms with Crippen LogP contribution in [0.4, 0.5) is 11.4 Å². The maximum absolute atomic E-state index is 13.1. The van der Waals surface area contributed by atoms with Crippen LogP contribution in [0.2, 0.25) is 0 Å². The van der Waals surface area contributed by atoms with Crippen LogP contribution in [-0.4, -0.2) is 34.6 Å². The van der Waals surface area contributed by atoms with Crippen molar-refractivity contribution in [2.24, 2.45) is 11.3 Å². The van der Waals surface area contributed by atoms with Gasteiger partial charge in [-0.2, -0.15) is 0 Å². The summed E-state index contributed by atoms with van der Waals surface area (Å²) < 4.78 is 40.2. The first kappa shape index (κ1) is 23.9. The van der Waals surface area contributed by atoms with Gasteiger partial charge in [0.15, 0.2) is 0 Å². The molecule has 1 N–H and O–H groups in total. The molecule has 0 saturated carbocycles. The number of ether oxygens (including phenoxy) is 2. The van der Waals surface area contributed by atoms with Crippen LogP contribution in [-0.2, 0) is 14.8 Å². The van der Waals surface area contributed by atoms with E-state index in [9.17, 15) is 13.2 Å². The molecule has 3 rings (SSSR count). The quantitative estimate of drug-likeness (QED) is 0.685. The predicted molar refractivity (Wildman–Crippen MR) is 126 cm³/mol. The molecule has 2 aromatic carbocycles. The summed E-state index contributed by atoms with van der Waals surface area (Å²) in [5.74, 6) is 0.994. The second-order valence-electron chi connectivity index (χ2n) is 9.36. The van der Waals surface area contributed by atoms with E-state index in [4.69, 9.17) is 9.47 Å². The van der Waals surface area contributed by atoms with E-state index in [1.54, 1.807) is 35.2 Å². The Morgan fingerprint density at radius 2 is 1.81 bits per heavy atom. The zero-order valence-corrected chi connectivity index (χ0v) is 20.6. The van der Waals surface area contributed by atoms with E-state index >= 15 is 0 Å². The molecule has 0 aromatic heterocycles. The lowest BCUT2D eigenvalue weighted by atomic mass is 9.92. The van der Waals surface area contributed by atoms with Gasteiger partial charge in [-0.3, -0.25) is 9.52 Å². The van der Waals surface area contributed by atoms with Crippen LogP contribution in [0.5, 0.6) is 11.5 Å². The highest BCUT2D eigenvalue weighted by Crippen LogP contribution is 2.39. The number of fused-ring (bicyclic) bond motifs is 1. The van der Waals surface area contributed by atoms with Gasteiger partial charge < -0.3 is 14.4 Å². The highest BCUT2D eigenvalue weighted by atomic mass is 32.2. The zero-order valence-electron chi connectivity index (χ0n) is 19.8. The first-order valence-electron chi connectivity index (χ1n) is 10.6. The lowest BCUT2D eigenvalue weighted by Crippen LogP contribution is -2.43. The summed E-state index contributed by atoms with van der Waals surface area (Å²) in [6.07, 6.45) is 0. The topological polar surface area (TPSA) is 84.9 Å². The molecule has 32 heavy (non-hydrogen) atoms. The van der Waals surface area contributed by atoms with Gasteiger partial charge in [0.25, 0.3) is 10.0 Å². The van der Waals surface area contributed by atoms with Gasteiger partial charge in [0.1, 0.15) is 23.0 Å². The molecule has 0 bridgehead atoms. The molecule has 8 heteroatoms. The van der Waals surface area contributed by atoms with E-state index in [0.717, 1.165) is 11.1 Å². The molecule has 1 aliphatic heterocycles. The van der Waals surface area contributed by atoms with Crippen LogP contribution in [0.15, 0.2) is 35.2 Å². The van der Waals surface area contributed by atoms with Gasteiger partial charge in [-0.15, -0.1) is 0 Å². The molecule has 0 fully saturated rings. The van der Waals surface area contributed by atoms with Gasteiger partial charge in [-0.25, -0.2) is 8.42 Å². The lowest BCUT2D eigenvalue weighted by Gasteiger charge is -2.29. The number of carbonyl (C=O) groups is 1. The van der Waals surface area contributed by atoms with E-state index in [-0.39, 0.29) is 29.1 Å². The summed E-state index contributed by atoms with van der Waals surface area (Å²) in [6.45, 7) is 12.3. The molecular formula is C24H32N2O5S. The number of amides is 1. The standard InChI is InChI=1S/C24H32N2O5S/c1-15(2)13-26-19-9-8-18(12-20(19)31-14-24(5,6)23(26)27)25-32(28,29)22-11-17(4)16(3)10-21(22)30-7/h8-12,15,25H,13-14H2,1-7H3. The lowest BCUT2D eigenvalue weighted by molar-refractivity contribution is -0.127. The summed E-state index contributed by atoms with van der Waals surface area (Å²) in [5.41, 5.74) is 2.08. The molecule has 0 spiro atoms. The van der Waals surface area contributed by atoms with Crippen LogP contribution in [0.25, 0.3) is 0 Å². The van der Waals surface area contributed by atoms with Crippen molar-refractivity contribution < 1.29 is 22.7 Å². The Balaban J connectivity index is 2.00. The monoisotopic (exact) mass is 460 g/mol. The minimum Gasteiger partial charge on any atom is -0.495 e. The number of hydrogen-bond acceptors (Lipinski definition) is 5. The summed E-state index contributed by atoms with van der Waals surface area (Å²) in [7, 11) is -2.46. The number of rotatable bonds is 6. The second kappa shape index (κ2) is 8.65. The molecule has 1 heterocycles. The Hall–Kier alpha value is -2.74. The normalized spacial score (nSPS) is 15.8. The fourth-order valence-corrected chi connectivity index (χ4v) is 4.89. The third-order valence-electron chi connectivity index (χ3n) is 5.53. The SMILES string of the molecule is COc1cc(C)c(C)cc1S(=O)(=O)Nc1ccc2c(c1)OCC(C)(C)C(=O)N2CC(C)C. The minimum atomic E-state index is -3.91. The fourth-order valence-electron chi connectivity index (χ4n) is 3.60. The highest BCUT2D eigenvalue weighted by molar-refractivity contribution is 7.92. The van der Waals surface area contributed by atoms with E-state index in [1.807, 2.05) is 41.5 Å². The van der Waals surface area contributed by atoms with Crippen LogP contribution < -0.4 is 19.1 Å². The average molecular weight is 461 g/mol. The molecule has 0 aliphatic carbocycles. The molecule has 1 aliphatic rings. The third-order valence-corrected chi connectivity index (χ3v) is 6.94. The van der Waals surface area contributed by atoms with Gasteiger partial charge in [0.2, 0.25) is 5.91 Å². The molecule has 174 valence electrons. The number of methoxy groups -OCH3 is 1. The van der Waals surface area contributed by atoms with Crippen molar-refractivity contribution in [2.45, 2.75) is 46.4 Å². The van der Waals surface area contributed by atoms with Crippen LogP contribution in [0.1, 0.15) is 38.8 Å². The van der Waals surface area contributed by atoms with Crippen molar-refractivity contribution >= 4 is 27.3 Å². The van der Waals surface area contributed by atoms with Crippen molar-refractivity contribution in [3.8, 4) is 11.5 Å². The van der Waals surface area contributed by atoms with Crippen LogP contribution in [0.3, 0.4) is 0 Å². The van der Waals surface area contributed by atoms with Gasteiger partial charge in [0, 0.05) is 12.6 Å². The number of aryl methyl sites for hydroxylation is 2. The van der Waals surface area contributed by atoms with Crippen molar-refractivity contribution in [2.75, 3.05) is 29.9 Å². The molecule has 0 saturated heterocycles. The maximum Gasteiger partial charge on any atom is 0.265 e. The largest absolute Gasteiger partial charge is 0.495 e. The second-order valence-corrected chi connectivity index (χ2v) is 11.0. The summed E-state index contributed by atoms with van der Waals surface area (Å²) >= 11 is 0. The molecule has 0 atom stereocenters. The fraction of sp³-hybridized carbons (Fsp3) is 0.458. The van der Waals surface area contributed by atoms with Crippen LogP contribution >= 0.6 is 0 Å². The number of anilines is 2. The van der Waals surface area contributed by atoms with Gasteiger partial charge in [0.05, 0.1) is 23.9 Å². The van der Waals surface area contributed by atoms with E-state index in [0.29, 0.717) is 23.7 Å². The zero-order chi connectivity index (χ0) is 23.8. The first-order valence-corrected chi connectivity index (χ1v) is 12.1. The Morgan fingerprint density at radius 1 is 1.16 bits per heavy atom. The van der Waals surface area contributed by atoms with E-state index < -0.39 is 15.4 Å².